The molecule has 1 aromatic carbocycles. The molecule has 0 saturated heterocycles. The van der Waals surface area contributed by atoms with Crippen LogP contribution in [0.25, 0.3) is 0 Å². The summed E-state index contributed by atoms with van der Waals surface area (Å²) < 4.78 is 5.87. The van der Waals surface area contributed by atoms with E-state index in [4.69, 9.17) is 4.74 Å². The minimum atomic E-state index is 0.0217. The molecule has 0 spiro atoms. The van der Waals surface area contributed by atoms with Crippen LogP contribution >= 0.6 is 0 Å². The Bertz CT molecular complexity index is 488. The van der Waals surface area contributed by atoms with Gasteiger partial charge in [-0.25, -0.2) is 0 Å². The van der Waals surface area contributed by atoms with E-state index in [9.17, 15) is 4.79 Å². The number of carbonyl (C=O) groups excluding carboxylic acids is 1. The lowest BCUT2D eigenvalue weighted by Gasteiger charge is -2.33. The molecule has 0 aliphatic carbocycles. The van der Waals surface area contributed by atoms with Gasteiger partial charge in [-0.2, -0.15) is 0 Å². The van der Waals surface area contributed by atoms with Gasteiger partial charge in [-0.15, -0.1) is 0 Å². The number of likely N-dealkylation sites (N-methyl/N-ethyl adjacent to an activating group) is 1. The van der Waals surface area contributed by atoms with Crippen molar-refractivity contribution in [2.45, 2.75) is 70.8 Å². The number of unbranched alkanes of at least 4 members (excludes halogenated alkanes) is 7. The summed E-state index contributed by atoms with van der Waals surface area (Å²) in [6.45, 7) is 2.25. The lowest BCUT2D eigenvalue weighted by atomic mass is 9.96. The summed E-state index contributed by atoms with van der Waals surface area (Å²) >= 11 is 0. The second kappa shape index (κ2) is 11.3. The molecule has 0 heterocycles. The first kappa shape index (κ1) is 21.7. The number of ketones is 1. The maximum atomic E-state index is 13.0. The van der Waals surface area contributed by atoms with Crippen LogP contribution in [0.3, 0.4) is 0 Å². The predicted octanol–water partition coefficient (Wildman–Crippen LogP) is 5.48. The van der Waals surface area contributed by atoms with Gasteiger partial charge in [0, 0.05) is 12.0 Å². The summed E-state index contributed by atoms with van der Waals surface area (Å²) in [6.07, 6.45) is 11.4. The summed E-state index contributed by atoms with van der Waals surface area (Å²) in [5, 5.41) is 0. The largest absolute Gasteiger partial charge is 0.497 e. The zero-order valence-electron chi connectivity index (χ0n) is 17.0. The van der Waals surface area contributed by atoms with Crippen LogP contribution in [-0.4, -0.2) is 44.6 Å². The Labute approximate surface area is 155 Å². The number of carbonyl (C=O) groups is 1. The summed E-state index contributed by atoms with van der Waals surface area (Å²) in [4.78, 5) is 13.0. The van der Waals surface area contributed by atoms with Gasteiger partial charge in [0.05, 0.1) is 28.3 Å². The van der Waals surface area contributed by atoms with Crippen molar-refractivity contribution < 1.29 is 14.0 Å². The van der Waals surface area contributed by atoms with Gasteiger partial charge in [-0.3, -0.25) is 4.79 Å². The van der Waals surface area contributed by atoms with Crippen molar-refractivity contribution in [3.8, 4) is 5.75 Å². The Morgan fingerprint density at radius 3 is 1.92 bits per heavy atom. The molecule has 1 rings (SSSR count). The summed E-state index contributed by atoms with van der Waals surface area (Å²) in [7, 11) is 8.01. The zero-order chi connectivity index (χ0) is 18.7. The Hall–Kier alpha value is -1.35. The molecular formula is C22H38NO2+. The van der Waals surface area contributed by atoms with Crippen molar-refractivity contribution in [1.82, 2.24) is 0 Å². The fourth-order valence-corrected chi connectivity index (χ4v) is 3.29. The van der Waals surface area contributed by atoms with Gasteiger partial charge in [0.2, 0.25) is 5.78 Å². The number of hydrogen-bond donors (Lipinski definition) is 0. The first-order valence-electron chi connectivity index (χ1n) is 9.89. The molecule has 1 unspecified atom stereocenters. The Balaban J connectivity index is 2.49. The third kappa shape index (κ3) is 8.04. The maximum Gasteiger partial charge on any atom is 0.219 e. The predicted molar refractivity (Wildman–Crippen MR) is 106 cm³/mol. The lowest BCUT2D eigenvalue weighted by molar-refractivity contribution is -0.886. The van der Waals surface area contributed by atoms with E-state index in [-0.39, 0.29) is 11.8 Å². The summed E-state index contributed by atoms with van der Waals surface area (Å²) in [5.74, 6) is 1.04. The van der Waals surface area contributed by atoms with E-state index in [0.717, 1.165) is 24.2 Å². The highest BCUT2D eigenvalue weighted by molar-refractivity contribution is 5.99. The van der Waals surface area contributed by atoms with Crippen molar-refractivity contribution in [2.75, 3.05) is 28.3 Å². The maximum absolute atomic E-state index is 13.0. The molecule has 1 atom stereocenters. The highest BCUT2D eigenvalue weighted by atomic mass is 16.5. The van der Waals surface area contributed by atoms with Gasteiger partial charge in [0.1, 0.15) is 5.75 Å². The van der Waals surface area contributed by atoms with Gasteiger partial charge >= 0.3 is 0 Å². The van der Waals surface area contributed by atoms with Gasteiger partial charge in [-0.05, 0) is 30.7 Å². The van der Waals surface area contributed by atoms with Gasteiger partial charge in [-0.1, -0.05) is 51.9 Å². The molecule has 0 fully saturated rings. The van der Waals surface area contributed by atoms with Gasteiger partial charge in [0.25, 0.3) is 0 Å². The normalized spacial score (nSPS) is 12.8. The second-order valence-electron chi connectivity index (χ2n) is 7.99. The van der Waals surface area contributed by atoms with Crippen molar-refractivity contribution >= 4 is 5.78 Å². The fourth-order valence-electron chi connectivity index (χ4n) is 3.29. The van der Waals surface area contributed by atoms with Crippen LogP contribution in [-0.2, 0) is 0 Å². The standard InChI is InChI=1S/C22H38NO2/c1-6-7-8-9-10-11-12-13-14-21(23(2,3)4)22(24)19-15-17-20(25-5)18-16-19/h15-18,21H,6-14H2,1-5H3/q+1. The third-order valence-electron chi connectivity index (χ3n) is 4.94. The first-order valence-corrected chi connectivity index (χ1v) is 9.89. The third-order valence-corrected chi connectivity index (χ3v) is 4.94. The van der Waals surface area contributed by atoms with Gasteiger partial charge < -0.3 is 9.22 Å². The Morgan fingerprint density at radius 1 is 0.920 bits per heavy atom. The molecule has 0 bridgehead atoms. The average molecular weight is 349 g/mol. The molecule has 25 heavy (non-hydrogen) atoms. The molecule has 0 aliphatic heterocycles. The van der Waals surface area contributed by atoms with Crippen LogP contribution in [0.2, 0.25) is 0 Å². The summed E-state index contributed by atoms with van der Waals surface area (Å²) in [5.41, 5.74) is 0.790. The summed E-state index contributed by atoms with van der Waals surface area (Å²) in [6, 6.07) is 7.54. The van der Waals surface area contributed by atoms with E-state index in [1.54, 1.807) is 7.11 Å². The van der Waals surface area contributed by atoms with Crippen LogP contribution in [0, 0.1) is 0 Å². The minimum Gasteiger partial charge on any atom is -0.497 e. The highest BCUT2D eigenvalue weighted by Crippen LogP contribution is 2.20. The van der Waals surface area contributed by atoms with E-state index >= 15 is 0 Å². The molecule has 0 aromatic heterocycles. The molecule has 0 N–H and O–H groups in total. The van der Waals surface area contributed by atoms with Crippen LogP contribution in [0.15, 0.2) is 24.3 Å². The van der Waals surface area contributed by atoms with Crippen LogP contribution < -0.4 is 4.74 Å². The second-order valence-corrected chi connectivity index (χ2v) is 7.99. The minimum absolute atomic E-state index is 0.0217. The van der Waals surface area contributed by atoms with E-state index in [1.807, 2.05) is 24.3 Å². The molecule has 142 valence electrons. The highest BCUT2D eigenvalue weighted by Gasteiger charge is 2.31. The quantitative estimate of drug-likeness (QED) is 0.268. The number of ether oxygens (including phenoxy) is 1. The molecule has 3 nitrogen and oxygen atoms in total. The Kier molecular flexibility index (Phi) is 9.81. The zero-order valence-corrected chi connectivity index (χ0v) is 17.0. The van der Waals surface area contributed by atoms with Crippen molar-refractivity contribution in [3.05, 3.63) is 29.8 Å². The van der Waals surface area contributed by atoms with Crippen LogP contribution in [0.4, 0.5) is 0 Å². The monoisotopic (exact) mass is 348 g/mol. The van der Waals surface area contributed by atoms with Gasteiger partial charge in [0.15, 0.2) is 6.04 Å². The first-order chi connectivity index (χ1) is 11.9. The molecule has 0 aliphatic rings. The van der Waals surface area contributed by atoms with E-state index in [2.05, 4.69) is 28.1 Å². The fraction of sp³-hybridized carbons (Fsp3) is 0.682. The Morgan fingerprint density at radius 2 is 1.44 bits per heavy atom. The topological polar surface area (TPSA) is 26.3 Å². The smallest absolute Gasteiger partial charge is 0.219 e. The van der Waals surface area contributed by atoms with Crippen molar-refractivity contribution in [3.63, 3.8) is 0 Å². The number of quaternary nitrogens is 1. The molecular weight excluding hydrogens is 310 g/mol. The van der Waals surface area contributed by atoms with E-state index in [1.165, 1.54) is 44.9 Å². The van der Waals surface area contributed by atoms with E-state index in [0.29, 0.717) is 4.48 Å². The number of benzene rings is 1. The molecule has 1 aromatic rings. The molecule has 3 heteroatoms. The number of nitrogens with zero attached hydrogens (tertiary/aromatic N) is 1. The van der Waals surface area contributed by atoms with Crippen molar-refractivity contribution in [2.24, 2.45) is 0 Å². The van der Waals surface area contributed by atoms with Crippen LogP contribution in [0.1, 0.15) is 75.1 Å². The average Bonchev–Trinajstić information content (AvgIpc) is 2.59. The lowest BCUT2D eigenvalue weighted by Crippen LogP contribution is -2.49. The van der Waals surface area contributed by atoms with Crippen molar-refractivity contribution in [1.29, 1.82) is 0 Å². The SMILES string of the molecule is CCCCCCCCCCC(C(=O)c1ccc(OC)cc1)[N+](C)(C)C. The van der Waals surface area contributed by atoms with Crippen LogP contribution in [0.5, 0.6) is 5.75 Å². The molecule has 0 amide bonds. The number of rotatable bonds is 13. The molecule has 0 saturated carbocycles. The number of hydrogen-bond acceptors (Lipinski definition) is 2. The number of methoxy groups -OCH3 is 1. The van der Waals surface area contributed by atoms with E-state index < -0.39 is 0 Å². The molecule has 0 radical (unpaired) electrons. The number of Topliss-reactive ketones (excluding diaryl/α,β-unsaturated/α-hetero) is 1.